The zero-order valence-corrected chi connectivity index (χ0v) is 14.1. The number of anilines is 2. The van der Waals surface area contributed by atoms with Crippen molar-refractivity contribution in [1.82, 2.24) is 5.16 Å². The van der Waals surface area contributed by atoms with E-state index in [0.29, 0.717) is 0 Å². The van der Waals surface area contributed by atoms with Crippen LogP contribution in [0.5, 0.6) is 0 Å². The van der Waals surface area contributed by atoms with E-state index in [1.165, 1.54) is 18.2 Å². The van der Waals surface area contributed by atoms with Crippen LogP contribution in [0, 0.1) is 17.5 Å². The summed E-state index contributed by atoms with van der Waals surface area (Å²) in [6.45, 7) is 3.26. The summed E-state index contributed by atoms with van der Waals surface area (Å²) < 4.78 is 46.2. The average Bonchev–Trinajstić information content (AvgIpc) is 3.14. The molecule has 0 fully saturated rings. The zero-order chi connectivity index (χ0) is 20.3. The van der Waals surface area contributed by atoms with E-state index in [4.69, 9.17) is 4.52 Å². The Hall–Kier alpha value is -3.88. The van der Waals surface area contributed by atoms with Crippen LogP contribution in [0.3, 0.4) is 0 Å². The van der Waals surface area contributed by atoms with Crippen molar-refractivity contribution in [2.24, 2.45) is 0 Å². The minimum Gasteiger partial charge on any atom is -0.350 e. The van der Waals surface area contributed by atoms with Crippen molar-refractivity contribution in [3.8, 4) is 11.3 Å². The van der Waals surface area contributed by atoms with Gasteiger partial charge in [-0.1, -0.05) is 17.8 Å². The van der Waals surface area contributed by atoms with Crippen molar-refractivity contribution < 1.29 is 27.3 Å². The molecule has 6 nitrogen and oxygen atoms in total. The van der Waals surface area contributed by atoms with E-state index in [1.807, 2.05) is 0 Å². The lowest BCUT2D eigenvalue weighted by Crippen LogP contribution is -2.13. The van der Waals surface area contributed by atoms with Gasteiger partial charge in [0.15, 0.2) is 0 Å². The monoisotopic (exact) mass is 387 g/mol. The molecule has 0 spiro atoms. The van der Waals surface area contributed by atoms with Gasteiger partial charge in [0.05, 0.1) is 11.3 Å². The molecule has 0 aliphatic heterocycles. The quantitative estimate of drug-likeness (QED) is 0.645. The second-order valence-electron chi connectivity index (χ2n) is 5.52. The van der Waals surface area contributed by atoms with Crippen molar-refractivity contribution in [3.05, 3.63) is 78.3 Å². The lowest BCUT2D eigenvalue weighted by molar-refractivity contribution is -0.111. The summed E-state index contributed by atoms with van der Waals surface area (Å²) in [6.07, 6.45) is 0.961. The molecule has 0 aliphatic carbocycles. The van der Waals surface area contributed by atoms with Gasteiger partial charge >= 0.3 is 0 Å². The number of hydrogen-bond donors (Lipinski definition) is 2. The third-order valence-corrected chi connectivity index (χ3v) is 3.62. The summed E-state index contributed by atoms with van der Waals surface area (Å²) in [5.41, 5.74) is -0.657. The second kappa shape index (κ2) is 7.78. The highest BCUT2D eigenvalue weighted by Gasteiger charge is 2.19. The van der Waals surface area contributed by atoms with Crippen LogP contribution in [-0.4, -0.2) is 17.0 Å². The highest BCUT2D eigenvalue weighted by atomic mass is 19.1. The number of rotatable bonds is 5. The fourth-order valence-electron chi connectivity index (χ4n) is 2.32. The molecule has 9 heteroatoms. The van der Waals surface area contributed by atoms with Gasteiger partial charge in [0.2, 0.25) is 11.7 Å². The number of benzene rings is 2. The maximum absolute atomic E-state index is 13.8. The van der Waals surface area contributed by atoms with Crippen LogP contribution in [0.15, 0.2) is 59.6 Å². The predicted octanol–water partition coefficient (Wildman–Crippen LogP) is 4.14. The number of carbonyl (C=O) groups is 2. The van der Waals surface area contributed by atoms with Crippen molar-refractivity contribution in [1.29, 1.82) is 0 Å². The number of carbonyl (C=O) groups excluding carboxylic acids is 2. The van der Waals surface area contributed by atoms with E-state index in [-0.39, 0.29) is 22.8 Å². The molecule has 142 valence electrons. The Morgan fingerprint density at radius 1 is 1.00 bits per heavy atom. The average molecular weight is 387 g/mol. The van der Waals surface area contributed by atoms with Gasteiger partial charge in [-0.05, 0) is 36.4 Å². The molecule has 1 heterocycles. The van der Waals surface area contributed by atoms with E-state index in [0.717, 1.165) is 30.3 Å². The van der Waals surface area contributed by atoms with Crippen molar-refractivity contribution in [3.63, 3.8) is 0 Å². The van der Waals surface area contributed by atoms with E-state index < -0.39 is 34.8 Å². The summed E-state index contributed by atoms with van der Waals surface area (Å²) in [4.78, 5) is 23.6. The molecule has 0 saturated carbocycles. The van der Waals surface area contributed by atoms with Crippen LogP contribution < -0.4 is 10.6 Å². The van der Waals surface area contributed by atoms with E-state index >= 15 is 0 Å². The minimum atomic E-state index is -0.860. The zero-order valence-electron chi connectivity index (χ0n) is 14.1. The minimum absolute atomic E-state index is 0.140. The molecule has 2 amide bonds. The number of hydrogen-bond acceptors (Lipinski definition) is 4. The Labute approximate surface area is 156 Å². The number of aromatic nitrogens is 1. The molecule has 2 N–H and O–H groups in total. The predicted molar refractivity (Wildman–Crippen MR) is 95.0 cm³/mol. The normalized spacial score (nSPS) is 10.4. The van der Waals surface area contributed by atoms with Crippen molar-refractivity contribution in [2.75, 3.05) is 10.6 Å². The number of nitrogens with zero attached hydrogens (tertiary/aromatic N) is 1. The third-order valence-electron chi connectivity index (χ3n) is 3.62. The van der Waals surface area contributed by atoms with Crippen LogP contribution >= 0.6 is 0 Å². The van der Waals surface area contributed by atoms with Gasteiger partial charge in [-0.3, -0.25) is 9.59 Å². The fraction of sp³-hybridized carbons (Fsp3) is 0. The van der Waals surface area contributed by atoms with Gasteiger partial charge in [-0.25, -0.2) is 13.2 Å². The SMILES string of the molecule is C=CC(=O)Nc1cc(NC(=O)c2cc(-c3c(F)cccc3F)no2)ccc1F. The maximum atomic E-state index is 13.8. The van der Waals surface area contributed by atoms with Gasteiger partial charge < -0.3 is 15.2 Å². The highest BCUT2D eigenvalue weighted by molar-refractivity contribution is 6.04. The van der Waals surface area contributed by atoms with Gasteiger partial charge in [-0.15, -0.1) is 0 Å². The first kappa shape index (κ1) is 18.9. The topological polar surface area (TPSA) is 84.2 Å². The molecule has 2 aromatic carbocycles. The molecular formula is C19H12F3N3O3. The van der Waals surface area contributed by atoms with E-state index in [1.54, 1.807) is 0 Å². The van der Waals surface area contributed by atoms with Crippen LogP contribution in [0.2, 0.25) is 0 Å². The molecule has 0 unspecified atom stereocenters. The largest absolute Gasteiger partial charge is 0.350 e. The molecular weight excluding hydrogens is 375 g/mol. The molecule has 28 heavy (non-hydrogen) atoms. The summed E-state index contributed by atoms with van der Waals surface area (Å²) in [5.74, 6) is -4.18. The Morgan fingerprint density at radius 3 is 2.39 bits per heavy atom. The standard InChI is InChI=1S/C19H12F3N3O3/c1-2-17(26)24-14-8-10(6-7-11(14)20)23-19(27)16-9-15(25-28-16)18-12(21)4-3-5-13(18)22/h2-9H,1H2,(H,23,27)(H,24,26). The van der Waals surface area contributed by atoms with E-state index in [9.17, 15) is 22.8 Å². The Balaban J connectivity index is 1.81. The summed E-state index contributed by atoms with van der Waals surface area (Å²) >= 11 is 0. The van der Waals surface area contributed by atoms with E-state index in [2.05, 4.69) is 22.4 Å². The first-order valence-corrected chi connectivity index (χ1v) is 7.84. The van der Waals surface area contributed by atoms with Crippen LogP contribution in [-0.2, 0) is 4.79 Å². The maximum Gasteiger partial charge on any atom is 0.294 e. The fourth-order valence-corrected chi connectivity index (χ4v) is 2.32. The number of amides is 2. The molecule has 0 atom stereocenters. The Kier molecular flexibility index (Phi) is 5.25. The lowest BCUT2D eigenvalue weighted by Gasteiger charge is -2.07. The summed E-state index contributed by atoms with van der Waals surface area (Å²) in [5, 5.41) is 8.17. The van der Waals surface area contributed by atoms with Gasteiger partial charge in [0.1, 0.15) is 23.1 Å². The molecule has 0 saturated heterocycles. The summed E-state index contributed by atoms with van der Waals surface area (Å²) in [6, 6.07) is 7.83. The van der Waals surface area contributed by atoms with Gasteiger partial charge in [0.25, 0.3) is 5.91 Å². The number of halogens is 3. The van der Waals surface area contributed by atoms with Crippen molar-refractivity contribution >= 4 is 23.2 Å². The van der Waals surface area contributed by atoms with Gasteiger partial charge in [0, 0.05) is 11.8 Å². The first-order chi connectivity index (χ1) is 13.4. The van der Waals surface area contributed by atoms with Crippen LogP contribution in [0.4, 0.5) is 24.5 Å². The first-order valence-electron chi connectivity index (χ1n) is 7.84. The Bertz CT molecular complexity index is 1060. The van der Waals surface area contributed by atoms with Crippen LogP contribution in [0.1, 0.15) is 10.6 Å². The second-order valence-corrected chi connectivity index (χ2v) is 5.52. The number of nitrogens with one attached hydrogen (secondary N) is 2. The lowest BCUT2D eigenvalue weighted by atomic mass is 10.1. The Morgan fingerprint density at radius 2 is 1.71 bits per heavy atom. The van der Waals surface area contributed by atoms with Gasteiger partial charge in [-0.2, -0.15) is 0 Å². The van der Waals surface area contributed by atoms with Crippen molar-refractivity contribution in [2.45, 2.75) is 0 Å². The molecule has 0 bridgehead atoms. The van der Waals surface area contributed by atoms with Crippen LogP contribution in [0.25, 0.3) is 11.3 Å². The third kappa shape index (κ3) is 3.93. The molecule has 0 aliphatic rings. The highest BCUT2D eigenvalue weighted by Crippen LogP contribution is 2.26. The molecule has 3 aromatic rings. The smallest absolute Gasteiger partial charge is 0.294 e. The summed E-state index contributed by atoms with van der Waals surface area (Å²) in [7, 11) is 0. The molecule has 3 rings (SSSR count). The molecule has 0 radical (unpaired) electrons. The molecule has 1 aromatic heterocycles.